The number of nitrogens with zero attached hydrogens (tertiary/aromatic N) is 3. The Balaban J connectivity index is 1.69. The second kappa shape index (κ2) is 8.05. The zero-order chi connectivity index (χ0) is 15.1. The van der Waals surface area contributed by atoms with Gasteiger partial charge in [-0.15, -0.1) is 0 Å². The van der Waals surface area contributed by atoms with Crippen molar-refractivity contribution in [3.05, 3.63) is 23.8 Å². The fourth-order valence-corrected chi connectivity index (χ4v) is 2.78. The van der Waals surface area contributed by atoms with Gasteiger partial charge >= 0.3 is 5.97 Å². The summed E-state index contributed by atoms with van der Waals surface area (Å²) in [6, 6.07) is 0.694. The predicted molar refractivity (Wildman–Crippen MR) is 80.2 cm³/mol. The minimum Gasteiger partial charge on any atom is -0.478 e. The Kier molecular flexibility index (Phi) is 6.07. The average Bonchev–Trinajstić information content (AvgIpc) is 2.49. The van der Waals surface area contributed by atoms with Gasteiger partial charge in [-0.25, -0.2) is 14.8 Å². The molecule has 1 aromatic heterocycles. The van der Waals surface area contributed by atoms with Crippen LogP contribution < -0.4 is 5.32 Å². The van der Waals surface area contributed by atoms with E-state index in [9.17, 15) is 4.79 Å². The van der Waals surface area contributed by atoms with Crippen molar-refractivity contribution in [2.75, 3.05) is 19.6 Å². The Bertz CT molecular complexity index is 467. The van der Waals surface area contributed by atoms with E-state index in [1.807, 2.05) is 0 Å². The largest absolute Gasteiger partial charge is 0.478 e. The molecule has 6 nitrogen and oxygen atoms in total. The number of rotatable bonds is 7. The molecule has 1 fully saturated rings. The number of aromatic nitrogens is 2. The van der Waals surface area contributed by atoms with Crippen molar-refractivity contribution >= 4 is 5.97 Å². The van der Waals surface area contributed by atoms with E-state index in [-0.39, 0.29) is 5.56 Å². The lowest BCUT2D eigenvalue weighted by molar-refractivity contribution is 0.0694. The molecule has 0 aliphatic carbocycles. The van der Waals surface area contributed by atoms with E-state index in [4.69, 9.17) is 5.11 Å². The third kappa shape index (κ3) is 4.75. The molecule has 1 aliphatic rings. The number of nitrogens with one attached hydrogen (secondary N) is 1. The standard InChI is InChI=1S/C15H24N4O2/c1-12-5-2-3-7-19(12)8-4-6-16-10-14-13(15(20)21)9-17-11-18-14/h9,11-12,16H,2-8,10H2,1H3,(H,20,21). The van der Waals surface area contributed by atoms with Crippen LogP contribution in [0.4, 0.5) is 0 Å². The summed E-state index contributed by atoms with van der Waals surface area (Å²) < 4.78 is 0. The highest BCUT2D eigenvalue weighted by molar-refractivity contribution is 5.88. The Morgan fingerprint density at radius 1 is 1.52 bits per heavy atom. The molecule has 2 N–H and O–H groups in total. The average molecular weight is 292 g/mol. The number of hydrogen-bond donors (Lipinski definition) is 2. The Morgan fingerprint density at radius 2 is 2.38 bits per heavy atom. The van der Waals surface area contributed by atoms with Gasteiger partial charge in [-0.05, 0) is 45.8 Å². The Labute approximate surface area is 125 Å². The monoisotopic (exact) mass is 292 g/mol. The topological polar surface area (TPSA) is 78.3 Å². The first-order valence-electron chi connectivity index (χ1n) is 7.65. The molecule has 0 radical (unpaired) electrons. The van der Waals surface area contributed by atoms with Crippen LogP contribution in [0.3, 0.4) is 0 Å². The highest BCUT2D eigenvalue weighted by atomic mass is 16.4. The van der Waals surface area contributed by atoms with Crippen molar-refractivity contribution in [2.24, 2.45) is 0 Å². The summed E-state index contributed by atoms with van der Waals surface area (Å²) in [4.78, 5) is 21.4. The first kappa shape index (κ1) is 15.9. The van der Waals surface area contributed by atoms with E-state index in [2.05, 4.69) is 27.1 Å². The van der Waals surface area contributed by atoms with Gasteiger partial charge in [0.1, 0.15) is 11.9 Å². The molecule has 1 atom stereocenters. The van der Waals surface area contributed by atoms with Gasteiger partial charge in [0, 0.05) is 18.8 Å². The zero-order valence-corrected chi connectivity index (χ0v) is 12.6. The maximum atomic E-state index is 11.0. The van der Waals surface area contributed by atoms with E-state index >= 15 is 0 Å². The van der Waals surface area contributed by atoms with Gasteiger partial charge in [-0.1, -0.05) is 6.42 Å². The van der Waals surface area contributed by atoms with E-state index in [1.165, 1.54) is 38.3 Å². The van der Waals surface area contributed by atoms with Crippen molar-refractivity contribution in [3.8, 4) is 0 Å². The van der Waals surface area contributed by atoms with Crippen LogP contribution in [0.25, 0.3) is 0 Å². The molecule has 21 heavy (non-hydrogen) atoms. The molecule has 1 saturated heterocycles. The van der Waals surface area contributed by atoms with E-state index < -0.39 is 5.97 Å². The van der Waals surface area contributed by atoms with Crippen LogP contribution in [-0.4, -0.2) is 51.6 Å². The molecule has 0 amide bonds. The number of piperidine rings is 1. The van der Waals surface area contributed by atoms with Gasteiger partial charge in [0.05, 0.1) is 5.69 Å². The van der Waals surface area contributed by atoms with Gasteiger partial charge in [0.25, 0.3) is 0 Å². The normalized spacial score (nSPS) is 19.6. The summed E-state index contributed by atoms with van der Waals surface area (Å²) in [5.41, 5.74) is 0.721. The minimum absolute atomic E-state index is 0.176. The lowest BCUT2D eigenvalue weighted by Gasteiger charge is -2.33. The van der Waals surface area contributed by atoms with Crippen molar-refractivity contribution < 1.29 is 9.90 Å². The second-order valence-corrected chi connectivity index (χ2v) is 5.60. The molecular formula is C15H24N4O2. The summed E-state index contributed by atoms with van der Waals surface area (Å²) in [6.45, 7) is 5.94. The molecule has 1 aliphatic heterocycles. The fourth-order valence-electron chi connectivity index (χ4n) is 2.78. The fraction of sp³-hybridized carbons (Fsp3) is 0.667. The van der Waals surface area contributed by atoms with Crippen LogP contribution in [0.5, 0.6) is 0 Å². The van der Waals surface area contributed by atoms with Crippen molar-refractivity contribution in [3.63, 3.8) is 0 Å². The van der Waals surface area contributed by atoms with Gasteiger partial charge in [0.15, 0.2) is 0 Å². The summed E-state index contributed by atoms with van der Waals surface area (Å²) in [5.74, 6) is -0.977. The minimum atomic E-state index is -0.977. The Morgan fingerprint density at radius 3 is 3.14 bits per heavy atom. The maximum Gasteiger partial charge on any atom is 0.339 e. The summed E-state index contributed by atoms with van der Waals surface area (Å²) in [5, 5.41) is 12.3. The summed E-state index contributed by atoms with van der Waals surface area (Å²) in [6.07, 6.45) is 7.76. The molecule has 1 unspecified atom stereocenters. The van der Waals surface area contributed by atoms with E-state index in [0.29, 0.717) is 18.3 Å². The van der Waals surface area contributed by atoms with Crippen LogP contribution in [0, 0.1) is 0 Å². The lowest BCUT2D eigenvalue weighted by atomic mass is 10.0. The molecule has 0 bridgehead atoms. The molecular weight excluding hydrogens is 268 g/mol. The molecule has 2 rings (SSSR count). The highest BCUT2D eigenvalue weighted by Gasteiger charge is 2.17. The van der Waals surface area contributed by atoms with Gasteiger partial charge in [0.2, 0.25) is 0 Å². The van der Waals surface area contributed by atoms with Gasteiger partial charge < -0.3 is 15.3 Å². The van der Waals surface area contributed by atoms with Crippen LogP contribution in [-0.2, 0) is 6.54 Å². The zero-order valence-electron chi connectivity index (χ0n) is 12.6. The molecule has 6 heteroatoms. The third-order valence-corrected chi connectivity index (χ3v) is 4.06. The number of aromatic carboxylic acids is 1. The molecule has 116 valence electrons. The molecule has 0 spiro atoms. The summed E-state index contributed by atoms with van der Waals surface area (Å²) in [7, 11) is 0. The SMILES string of the molecule is CC1CCCCN1CCCNCc1ncncc1C(=O)O. The van der Waals surface area contributed by atoms with Gasteiger partial charge in [-0.3, -0.25) is 0 Å². The van der Waals surface area contributed by atoms with Crippen LogP contribution in [0.15, 0.2) is 12.5 Å². The van der Waals surface area contributed by atoms with Crippen LogP contribution >= 0.6 is 0 Å². The van der Waals surface area contributed by atoms with Crippen molar-refractivity contribution in [1.82, 2.24) is 20.2 Å². The highest BCUT2D eigenvalue weighted by Crippen LogP contribution is 2.16. The van der Waals surface area contributed by atoms with Gasteiger partial charge in [-0.2, -0.15) is 0 Å². The maximum absolute atomic E-state index is 11.0. The molecule has 0 saturated carbocycles. The smallest absolute Gasteiger partial charge is 0.339 e. The number of carbonyl (C=O) groups is 1. The van der Waals surface area contributed by atoms with Crippen LogP contribution in [0.1, 0.15) is 48.7 Å². The predicted octanol–water partition coefficient (Wildman–Crippen LogP) is 1.53. The van der Waals surface area contributed by atoms with Crippen molar-refractivity contribution in [1.29, 1.82) is 0 Å². The third-order valence-electron chi connectivity index (χ3n) is 4.06. The van der Waals surface area contributed by atoms with E-state index in [1.54, 1.807) is 0 Å². The van der Waals surface area contributed by atoms with Crippen LogP contribution in [0.2, 0.25) is 0 Å². The molecule has 1 aromatic rings. The number of likely N-dealkylation sites (tertiary alicyclic amines) is 1. The molecule has 2 heterocycles. The Hall–Kier alpha value is -1.53. The summed E-state index contributed by atoms with van der Waals surface area (Å²) >= 11 is 0. The quantitative estimate of drug-likeness (QED) is 0.742. The molecule has 0 aromatic carbocycles. The number of carboxylic acids is 1. The van der Waals surface area contributed by atoms with E-state index in [0.717, 1.165) is 19.5 Å². The van der Waals surface area contributed by atoms with Crippen molar-refractivity contribution in [2.45, 2.75) is 45.2 Å². The lowest BCUT2D eigenvalue weighted by Crippen LogP contribution is -2.38. The number of carboxylic acid groups (broad SMARTS) is 1. The first-order chi connectivity index (χ1) is 10.2. The second-order valence-electron chi connectivity index (χ2n) is 5.60. The first-order valence-corrected chi connectivity index (χ1v) is 7.65. The number of hydrogen-bond acceptors (Lipinski definition) is 5.